The highest BCUT2D eigenvalue weighted by molar-refractivity contribution is 6.67. The largest absolute Gasteiger partial charge is 0.292 e. The molecule has 0 aromatic carbocycles. The van der Waals surface area contributed by atoms with Crippen LogP contribution in [-0.4, -0.2) is 19.7 Å². The molecule has 1 atom stereocenters. The van der Waals surface area contributed by atoms with Crippen molar-refractivity contribution in [2.24, 2.45) is 5.92 Å². The second kappa shape index (κ2) is 4.12. The van der Waals surface area contributed by atoms with Crippen LogP contribution in [0.15, 0.2) is 0 Å². The highest BCUT2D eigenvalue weighted by atomic mass is 16.2. The molecule has 64 valence electrons. The SMILES string of the molecule is CNNC(=O)C1CCB(C#N)C1. The molecular formula is C7H12BN3O. The van der Waals surface area contributed by atoms with E-state index < -0.39 is 0 Å². The zero-order valence-electron chi connectivity index (χ0n) is 7.13. The third-order valence-electron chi connectivity index (χ3n) is 2.23. The van der Waals surface area contributed by atoms with Gasteiger partial charge in [0.1, 0.15) is 0 Å². The van der Waals surface area contributed by atoms with Gasteiger partial charge >= 0.3 is 0 Å². The Bertz CT molecular complexity index is 213. The van der Waals surface area contributed by atoms with Crippen LogP contribution in [0.25, 0.3) is 0 Å². The number of nitrogens with zero attached hydrogens (tertiary/aromatic N) is 1. The van der Waals surface area contributed by atoms with Crippen LogP contribution < -0.4 is 10.9 Å². The average molecular weight is 165 g/mol. The molecule has 0 aliphatic carbocycles. The van der Waals surface area contributed by atoms with Crippen LogP contribution >= 0.6 is 0 Å². The van der Waals surface area contributed by atoms with Gasteiger partial charge in [-0.1, -0.05) is 6.32 Å². The lowest BCUT2D eigenvalue weighted by Crippen LogP contribution is -2.38. The van der Waals surface area contributed by atoms with E-state index in [1.807, 2.05) is 0 Å². The maximum atomic E-state index is 11.2. The molecule has 1 amide bonds. The summed E-state index contributed by atoms with van der Waals surface area (Å²) >= 11 is 0. The van der Waals surface area contributed by atoms with E-state index in [9.17, 15) is 4.79 Å². The number of nitrogens with one attached hydrogen (secondary N) is 2. The molecule has 1 heterocycles. The second-order valence-corrected chi connectivity index (χ2v) is 3.08. The molecule has 1 aliphatic rings. The number of amides is 1. The molecule has 0 spiro atoms. The minimum atomic E-state index is 0.00949. The minimum Gasteiger partial charge on any atom is -0.292 e. The van der Waals surface area contributed by atoms with Gasteiger partial charge in [0.15, 0.2) is 0 Å². The summed E-state index contributed by atoms with van der Waals surface area (Å²) in [5.41, 5.74) is 5.13. The number of hydrogen-bond acceptors (Lipinski definition) is 3. The Kier molecular flexibility index (Phi) is 3.12. The second-order valence-electron chi connectivity index (χ2n) is 3.08. The molecule has 1 rings (SSSR count). The van der Waals surface area contributed by atoms with Crippen molar-refractivity contribution in [3.8, 4) is 5.97 Å². The highest BCUT2D eigenvalue weighted by Crippen LogP contribution is 2.25. The lowest BCUT2D eigenvalue weighted by molar-refractivity contribution is -0.125. The summed E-state index contributed by atoms with van der Waals surface area (Å²) in [4.78, 5) is 11.2. The highest BCUT2D eigenvalue weighted by Gasteiger charge is 2.32. The standard InChI is InChI=1S/C7H12BN3O/c1-10-11-7(12)6-2-3-8(4-6)5-9/h6,10H,2-4H2,1H3,(H,11,12). The summed E-state index contributed by atoms with van der Waals surface area (Å²) in [5.74, 6) is 2.23. The average Bonchev–Trinajstić information content (AvgIpc) is 2.52. The zero-order chi connectivity index (χ0) is 8.97. The molecule has 0 aromatic rings. The van der Waals surface area contributed by atoms with Gasteiger partial charge in [0.25, 0.3) is 6.71 Å². The van der Waals surface area contributed by atoms with E-state index in [-0.39, 0.29) is 18.5 Å². The van der Waals surface area contributed by atoms with Crippen molar-refractivity contribution in [1.82, 2.24) is 10.9 Å². The number of rotatable bonds is 2. The van der Waals surface area contributed by atoms with Crippen molar-refractivity contribution in [1.29, 1.82) is 5.26 Å². The number of carbonyl (C=O) groups excluding carboxylic acids is 1. The molecule has 12 heavy (non-hydrogen) atoms. The Morgan fingerprint density at radius 1 is 1.75 bits per heavy atom. The van der Waals surface area contributed by atoms with E-state index in [4.69, 9.17) is 5.26 Å². The lowest BCUT2D eigenvalue weighted by atomic mass is 9.50. The van der Waals surface area contributed by atoms with Crippen molar-refractivity contribution >= 4 is 12.6 Å². The summed E-state index contributed by atoms with van der Waals surface area (Å²) in [6, 6.07) is 0. The monoisotopic (exact) mass is 165 g/mol. The topological polar surface area (TPSA) is 64.9 Å². The van der Waals surface area contributed by atoms with E-state index in [0.717, 1.165) is 12.7 Å². The molecular weight excluding hydrogens is 153 g/mol. The fourth-order valence-electron chi connectivity index (χ4n) is 1.56. The van der Waals surface area contributed by atoms with Crippen molar-refractivity contribution < 1.29 is 4.79 Å². The van der Waals surface area contributed by atoms with Crippen molar-refractivity contribution in [3.05, 3.63) is 0 Å². The number of nitriles is 1. The van der Waals surface area contributed by atoms with Gasteiger partial charge in [0.05, 0.1) is 0 Å². The van der Waals surface area contributed by atoms with Gasteiger partial charge < -0.3 is 0 Å². The predicted molar refractivity (Wildman–Crippen MR) is 46.3 cm³/mol. The Morgan fingerprint density at radius 3 is 3.00 bits per heavy atom. The third-order valence-corrected chi connectivity index (χ3v) is 2.23. The Balaban J connectivity index is 2.37. The molecule has 4 nitrogen and oxygen atoms in total. The number of hydrazine groups is 1. The van der Waals surface area contributed by atoms with Crippen molar-refractivity contribution in [3.63, 3.8) is 0 Å². The molecule has 1 saturated heterocycles. The first-order valence-corrected chi connectivity index (χ1v) is 4.14. The lowest BCUT2D eigenvalue weighted by Gasteiger charge is -2.08. The van der Waals surface area contributed by atoms with E-state index >= 15 is 0 Å². The fourth-order valence-corrected chi connectivity index (χ4v) is 1.56. The summed E-state index contributed by atoms with van der Waals surface area (Å²) < 4.78 is 0. The van der Waals surface area contributed by atoms with Crippen LogP contribution in [0.5, 0.6) is 0 Å². The molecule has 1 unspecified atom stereocenters. The molecule has 0 radical (unpaired) electrons. The third kappa shape index (κ3) is 1.99. The molecule has 1 aliphatic heterocycles. The molecule has 5 heteroatoms. The minimum absolute atomic E-state index is 0.00949. The van der Waals surface area contributed by atoms with Gasteiger partial charge in [-0.15, -0.1) is 0 Å². The van der Waals surface area contributed by atoms with Crippen molar-refractivity contribution in [2.75, 3.05) is 7.05 Å². The van der Waals surface area contributed by atoms with Gasteiger partial charge in [-0.25, -0.2) is 10.7 Å². The van der Waals surface area contributed by atoms with Crippen LogP contribution in [0.2, 0.25) is 12.6 Å². The van der Waals surface area contributed by atoms with Gasteiger partial charge in [0.2, 0.25) is 5.91 Å². The van der Waals surface area contributed by atoms with Gasteiger partial charge in [-0.3, -0.25) is 10.2 Å². The van der Waals surface area contributed by atoms with E-state index in [1.165, 1.54) is 0 Å². The predicted octanol–water partition coefficient (Wildman–Crippen LogP) is -0.186. The van der Waals surface area contributed by atoms with E-state index in [1.54, 1.807) is 7.05 Å². The normalized spacial score (nSPS) is 22.0. The Morgan fingerprint density at radius 2 is 2.50 bits per heavy atom. The molecule has 0 aromatic heterocycles. The van der Waals surface area contributed by atoms with Gasteiger partial charge in [-0.05, 0) is 12.7 Å². The van der Waals surface area contributed by atoms with Gasteiger partial charge in [-0.2, -0.15) is 0 Å². The van der Waals surface area contributed by atoms with Crippen LogP contribution in [0.3, 0.4) is 0 Å². The van der Waals surface area contributed by atoms with Crippen LogP contribution in [-0.2, 0) is 4.79 Å². The number of hydrogen-bond donors (Lipinski definition) is 2. The first-order valence-electron chi connectivity index (χ1n) is 4.14. The van der Waals surface area contributed by atoms with Crippen molar-refractivity contribution in [2.45, 2.75) is 19.1 Å². The maximum absolute atomic E-state index is 11.2. The van der Waals surface area contributed by atoms with Crippen LogP contribution in [0.1, 0.15) is 6.42 Å². The van der Waals surface area contributed by atoms with E-state index in [0.29, 0.717) is 6.32 Å². The first-order chi connectivity index (χ1) is 5.77. The smallest absolute Gasteiger partial charge is 0.268 e. The van der Waals surface area contributed by atoms with Gasteiger partial charge in [0, 0.05) is 18.9 Å². The van der Waals surface area contributed by atoms with Crippen LogP contribution in [0.4, 0.5) is 0 Å². The molecule has 0 saturated carbocycles. The number of carbonyl (C=O) groups is 1. The Labute approximate surface area is 72.4 Å². The Hall–Kier alpha value is -1.02. The fraction of sp³-hybridized carbons (Fsp3) is 0.714. The summed E-state index contributed by atoms with van der Waals surface area (Å²) in [6.07, 6.45) is 2.41. The molecule has 0 bridgehead atoms. The summed E-state index contributed by atoms with van der Waals surface area (Å²) in [5, 5.41) is 8.60. The quantitative estimate of drug-likeness (QED) is 0.440. The van der Waals surface area contributed by atoms with Crippen LogP contribution in [0, 0.1) is 17.1 Å². The summed E-state index contributed by atoms with van der Waals surface area (Å²) in [7, 11) is 1.66. The maximum Gasteiger partial charge on any atom is 0.268 e. The summed E-state index contributed by atoms with van der Waals surface area (Å²) in [6.45, 7) is 0.0811. The molecule has 1 fully saturated rings. The zero-order valence-corrected chi connectivity index (χ0v) is 7.13. The van der Waals surface area contributed by atoms with E-state index in [2.05, 4.69) is 16.8 Å². The molecule has 2 N–H and O–H groups in total. The first kappa shape index (κ1) is 9.08.